The molecule has 1 amide bonds. The number of piperazine rings is 1. The first-order valence-corrected chi connectivity index (χ1v) is 6.15. The Kier molecular flexibility index (Phi) is 2.76. The molecular formula is C13H16N4O. The third-order valence-electron chi connectivity index (χ3n) is 3.50. The first-order valence-electron chi connectivity index (χ1n) is 6.15. The number of carbonyl (C=O) groups is 1. The van der Waals surface area contributed by atoms with Crippen molar-refractivity contribution < 1.29 is 4.79 Å². The van der Waals surface area contributed by atoms with Crippen molar-refractivity contribution in [2.75, 3.05) is 33.2 Å². The monoisotopic (exact) mass is 244 g/mol. The Labute approximate surface area is 105 Å². The number of hydrogen-bond acceptors (Lipinski definition) is 3. The summed E-state index contributed by atoms with van der Waals surface area (Å²) < 4.78 is 0. The highest BCUT2D eigenvalue weighted by atomic mass is 16.2. The molecule has 1 aromatic carbocycles. The number of rotatable bonds is 1. The zero-order valence-corrected chi connectivity index (χ0v) is 10.4. The van der Waals surface area contributed by atoms with Crippen molar-refractivity contribution in [3.63, 3.8) is 0 Å². The average molecular weight is 244 g/mol. The minimum Gasteiger partial charge on any atom is -0.336 e. The summed E-state index contributed by atoms with van der Waals surface area (Å²) in [6.07, 6.45) is 1.75. The molecule has 1 aliphatic rings. The van der Waals surface area contributed by atoms with Crippen LogP contribution in [-0.4, -0.2) is 59.1 Å². The van der Waals surface area contributed by atoms with Crippen LogP contribution in [-0.2, 0) is 0 Å². The molecule has 3 rings (SSSR count). The van der Waals surface area contributed by atoms with Crippen LogP contribution in [0, 0.1) is 0 Å². The molecule has 0 radical (unpaired) electrons. The van der Waals surface area contributed by atoms with Crippen LogP contribution in [0.1, 0.15) is 10.4 Å². The zero-order chi connectivity index (χ0) is 12.5. The van der Waals surface area contributed by atoms with Crippen LogP contribution in [0.4, 0.5) is 0 Å². The average Bonchev–Trinajstić information content (AvgIpc) is 2.87. The Hall–Kier alpha value is -1.88. The lowest BCUT2D eigenvalue weighted by atomic mass is 10.1. The van der Waals surface area contributed by atoms with Gasteiger partial charge in [-0.05, 0) is 13.1 Å². The summed E-state index contributed by atoms with van der Waals surface area (Å²) in [6.45, 7) is 3.45. The smallest absolute Gasteiger partial charge is 0.256 e. The molecule has 1 N–H and O–H groups in total. The van der Waals surface area contributed by atoms with Gasteiger partial charge in [0.25, 0.3) is 5.91 Å². The van der Waals surface area contributed by atoms with Gasteiger partial charge in [0.1, 0.15) is 0 Å². The molecule has 5 heteroatoms. The van der Waals surface area contributed by atoms with E-state index in [1.165, 1.54) is 0 Å². The zero-order valence-electron chi connectivity index (χ0n) is 10.4. The van der Waals surface area contributed by atoms with Crippen LogP contribution in [0.15, 0.2) is 24.4 Å². The highest BCUT2D eigenvalue weighted by Gasteiger charge is 2.22. The molecule has 5 nitrogen and oxygen atoms in total. The molecule has 0 spiro atoms. The maximum absolute atomic E-state index is 12.5. The van der Waals surface area contributed by atoms with E-state index >= 15 is 0 Å². The molecule has 2 aromatic rings. The highest BCUT2D eigenvalue weighted by Crippen LogP contribution is 2.18. The Bertz CT molecular complexity index is 569. The van der Waals surface area contributed by atoms with Crippen LogP contribution < -0.4 is 0 Å². The van der Waals surface area contributed by atoms with E-state index in [-0.39, 0.29) is 5.91 Å². The maximum Gasteiger partial charge on any atom is 0.256 e. The third kappa shape index (κ3) is 1.86. The quantitative estimate of drug-likeness (QED) is 0.812. The second-order valence-corrected chi connectivity index (χ2v) is 4.74. The summed E-state index contributed by atoms with van der Waals surface area (Å²) in [5, 5.41) is 7.89. The molecule has 18 heavy (non-hydrogen) atoms. The molecule has 0 atom stereocenters. The molecule has 0 unspecified atom stereocenters. The highest BCUT2D eigenvalue weighted by molar-refractivity contribution is 6.05. The Morgan fingerprint density at radius 2 is 2.06 bits per heavy atom. The number of nitrogens with zero attached hydrogens (tertiary/aromatic N) is 3. The second-order valence-electron chi connectivity index (χ2n) is 4.74. The number of aromatic nitrogens is 2. The fraction of sp³-hybridized carbons (Fsp3) is 0.385. The third-order valence-corrected chi connectivity index (χ3v) is 3.50. The number of carbonyl (C=O) groups excluding carboxylic acids is 1. The van der Waals surface area contributed by atoms with E-state index in [1.807, 2.05) is 23.1 Å². The standard InChI is InChI=1S/C13H16N4O/c1-16-5-7-17(8-6-16)13(18)11-4-2-3-10-9-14-15-12(10)11/h2-4,9H,5-8H2,1H3,(H,14,15). The van der Waals surface area contributed by atoms with Crippen molar-refractivity contribution in [3.05, 3.63) is 30.0 Å². The number of H-pyrrole nitrogens is 1. The van der Waals surface area contributed by atoms with E-state index in [2.05, 4.69) is 22.1 Å². The lowest BCUT2D eigenvalue weighted by Gasteiger charge is -2.32. The molecule has 1 fully saturated rings. The Balaban J connectivity index is 1.90. The summed E-state index contributed by atoms with van der Waals surface area (Å²) in [5.41, 5.74) is 1.55. The van der Waals surface area contributed by atoms with Gasteiger partial charge < -0.3 is 9.80 Å². The van der Waals surface area contributed by atoms with Gasteiger partial charge in [-0.15, -0.1) is 0 Å². The van der Waals surface area contributed by atoms with Gasteiger partial charge in [-0.1, -0.05) is 12.1 Å². The molecule has 94 valence electrons. The van der Waals surface area contributed by atoms with Crippen LogP contribution >= 0.6 is 0 Å². The fourth-order valence-electron chi connectivity index (χ4n) is 2.33. The molecular weight excluding hydrogens is 228 g/mol. The molecule has 0 aliphatic carbocycles. The van der Waals surface area contributed by atoms with Gasteiger partial charge in [0, 0.05) is 31.6 Å². The lowest BCUT2D eigenvalue weighted by Crippen LogP contribution is -2.47. The first kappa shape index (κ1) is 11.2. The number of likely N-dealkylation sites (N-methyl/N-ethyl adjacent to an activating group) is 1. The SMILES string of the molecule is CN1CCN(C(=O)c2cccc3cn[nH]c23)CC1. The predicted molar refractivity (Wildman–Crippen MR) is 69.5 cm³/mol. The van der Waals surface area contributed by atoms with Gasteiger partial charge in [0.2, 0.25) is 0 Å². The minimum atomic E-state index is 0.0953. The lowest BCUT2D eigenvalue weighted by molar-refractivity contribution is 0.0666. The molecule has 1 aliphatic heterocycles. The number of amides is 1. The van der Waals surface area contributed by atoms with Crippen LogP contribution in [0.2, 0.25) is 0 Å². The van der Waals surface area contributed by atoms with Gasteiger partial charge >= 0.3 is 0 Å². The van der Waals surface area contributed by atoms with E-state index in [4.69, 9.17) is 0 Å². The molecule has 1 aromatic heterocycles. The van der Waals surface area contributed by atoms with Crippen molar-refractivity contribution in [2.24, 2.45) is 0 Å². The molecule has 1 saturated heterocycles. The summed E-state index contributed by atoms with van der Waals surface area (Å²) in [5.74, 6) is 0.0953. The first-order chi connectivity index (χ1) is 8.75. The predicted octanol–water partition coefficient (Wildman–Crippen LogP) is 0.950. The van der Waals surface area contributed by atoms with Crippen molar-refractivity contribution in [1.82, 2.24) is 20.0 Å². The number of nitrogens with one attached hydrogen (secondary N) is 1. The van der Waals surface area contributed by atoms with E-state index < -0.39 is 0 Å². The number of para-hydroxylation sites is 1. The van der Waals surface area contributed by atoms with E-state index in [1.54, 1.807) is 6.20 Å². The van der Waals surface area contributed by atoms with Gasteiger partial charge in [-0.2, -0.15) is 5.10 Å². The van der Waals surface area contributed by atoms with Crippen LogP contribution in [0.5, 0.6) is 0 Å². The molecule has 2 heterocycles. The number of hydrogen-bond donors (Lipinski definition) is 1. The van der Waals surface area contributed by atoms with Gasteiger partial charge in [0.15, 0.2) is 0 Å². The number of aromatic amines is 1. The summed E-state index contributed by atoms with van der Waals surface area (Å²) in [4.78, 5) is 16.6. The maximum atomic E-state index is 12.5. The molecule has 0 saturated carbocycles. The van der Waals surface area contributed by atoms with E-state index in [0.29, 0.717) is 0 Å². The Morgan fingerprint density at radius 3 is 2.83 bits per heavy atom. The van der Waals surface area contributed by atoms with Crippen molar-refractivity contribution in [2.45, 2.75) is 0 Å². The number of fused-ring (bicyclic) bond motifs is 1. The molecule has 0 bridgehead atoms. The van der Waals surface area contributed by atoms with Gasteiger partial charge in [0.05, 0.1) is 17.3 Å². The fourth-order valence-corrected chi connectivity index (χ4v) is 2.33. The summed E-state index contributed by atoms with van der Waals surface area (Å²) >= 11 is 0. The summed E-state index contributed by atoms with van der Waals surface area (Å²) in [6, 6.07) is 5.72. The van der Waals surface area contributed by atoms with Crippen molar-refractivity contribution in [3.8, 4) is 0 Å². The van der Waals surface area contributed by atoms with Crippen LogP contribution in [0.25, 0.3) is 10.9 Å². The van der Waals surface area contributed by atoms with E-state index in [9.17, 15) is 4.79 Å². The Morgan fingerprint density at radius 1 is 1.28 bits per heavy atom. The summed E-state index contributed by atoms with van der Waals surface area (Å²) in [7, 11) is 2.08. The van der Waals surface area contributed by atoms with Crippen LogP contribution in [0.3, 0.4) is 0 Å². The van der Waals surface area contributed by atoms with Crippen molar-refractivity contribution >= 4 is 16.8 Å². The van der Waals surface area contributed by atoms with Gasteiger partial charge in [-0.3, -0.25) is 9.89 Å². The largest absolute Gasteiger partial charge is 0.336 e. The topological polar surface area (TPSA) is 52.2 Å². The van der Waals surface area contributed by atoms with Crippen molar-refractivity contribution in [1.29, 1.82) is 0 Å². The van der Waals surface area contributed by atoms with Gasteiger partial charge in [-0.25, -0.2) is 0 Å². The second kappa shape index (κ2) is 4.42. The normalized spacial score (nSPS) is 17.3. The van der Waals surface area contributed by atoms with E-state index in [0.717, 1.165) is 42.6 Å². The number of benzene rings is 1. The minimum absolute atomic E-state index is 0.0953.